The number of aryl methyl sites for hydroxylation is 2. The van der Waals surface area contributed by atoms with Gasteiger partial charge in [0.05, 0.1) is 34.6 Å². The number of rotatable bonds is 9. The van der Waals surface area contributed by atoms with Gasteiger partial charge in [0.2, 0.25) is 0 Å². The molecule has 15 nitrogen and oxygen atoms in total. The third-order valence-corrected chi connectivity index (χ3v) is 11.1. The second-order valence-corrected chi connectivity index (χ2v) is 21.2. The predicted molar refractivity (Wildman–Crippen MR) is 239 cm³/mol. The number of halogens is 2. The third kappa shape index (κ3) is 9.55. The van der Waals surface area contributed by atoms with Crippen molar-refractivity contribution in [2.45, 2.75) is 84.6 Å². The van der Waals surface area contributed by atoms with Crippen LogP contribution in [0.1, 0.15) is 86.5 Å². The van der Waals surface area contributed by atoms with Crippen LogP contribution in [0.2, 0.25) is 25.7 Å². The molecule has 0 unspecified atom stereocenters. The Morgan fingerprint density at radius 2 is 1.32 bits per heavy atom. The summed E-state index contributed by atoms with van der Waals surface area (Å²) in [5.41, 5.74) is -5.81. The molecule has 62 heavy (non-hydrogen) atoms. The van der Waals surface area contributed by atoms with E-state index in [4.69, 9.17) is 29.4 Å². The molecule has 0 aliphatic heterocycles. The van der Waals surface area contributed by atoms with E-state index < -0.39 is 83.7 Å². The van der Waals surface area contributed by atoms with Crippen molar-refractivity contribution >= 4 is 64.0 Å². The first-order valence-electron chi connectivity index (χ1n) is 27.7. The Morgan fingerprint density at radius 3 is 1.87 bits per heavy atom. The van der Waals surface area contributed by atoms with Gasteiger partial charge in [-0.3, -0.25) is 19.0 Å². The minimum absolute atomic E-state index is 0.0724. The Hall–Kier alpha value is -6.40. The number of H-pyrrole nitrogens is 1. The topological polar surface area (TPSA) is 175 Å². The number of benzene rings is 2. The maximum atomic E-state index is 13.9. The van der Waals surface area contributed by atoms with Crippen LogP contribution in [-0.2, 0) is 25.6 Å². The molecule has 0 saturated heterocycles. The van der Waals surface area contributed by atoms with Crippen molar-refractivity contribution in [3.05, 3.63) is 83.9 Å². The summed E-state index contributed by atoms with van der Waals surface area (Å²) < 4.78 is 178. The number of fused-ring (bicyclic) bond motifs is 4. The number of nitrogens with zero attached hydrogens (tertiary/aromatic N) is 9. The SMILES string of the molecule is [2H]C([2H])([2H])C(NC(=O)c1c[nH]c2ncc(-c3nn(C)c4cc(F)ccc34)nc12)(C([2H])([2H])[2H])C([2H])([2H])[2H].[2H]C([2H])([2H])C(NC(=O)c1cn(COCC[Si](C)(C)C)c2ncc(-c3nn(C)c4cc(F)ccc34)nc12)(C([2H])([2H])[2H])C([2H])([2H])[2H]. The van der Waals surface area contributed by atoms with Gasteiger partial charge < -0.3 is 24.9 Å². The van der Waals surface area contributed by atoms with E-state index in [1.807, 2.05) is 5.32 Å². The highest BCUT2D eigenvalue weighted by molar-refractivity contribution is 6.76. The summed E-state index contributed by atoms with van der Waals surface area (Å²) in [5, 5.41) is 13.5. The molecule has 0 fully saturated rings. The summed E-state index contributed by atoms with van der Waals surface area (Å²) in [6.45, 7) is -14.9. The van der Waals surface area contributed by atoms with Gasteiger partial charge in [-0.15, -0.1) is 0 Å². The van der Waals surface area contributed by atoms with Crippen molar-refractivity contribution in [3.63, 3.8) is 0 Å². The number of hydrogen-bond donors (Lipinski definition) is 3. The van der Waals surface area contributed by atoms with Crippen LogP contribution in [0.15, 0.2) is 61.2 Å². The zero-order valence-corrected chi connectivity index (χ0v) is 34.9. The fourth-order valence-corrected chi connectivity index (χ4v) is 7.22. The Labute approximate surface area is 383 Å². The van der Waals surface area contributed by atoms with Crippen molar-refractivity contribution in [2.24, 2.45) is 14.1 Å². The normalized spacial score (nSPS) is 17.9. The van der Waals surface area contributed by atoms with Crippen LogP contribution in [0, 0.1) is 11.6 Å². The molecule has 0 aliphatic rings. The fourth-order valence-electron chi connectivity index (χ4n) is 6.46. The largest absolute Gasteiger partial charge is 0.361 e. The average Bonchev–Trinajstić information content (AvgIpc) is 4.07. The van der Waals surface area contributed by atoms with Gasteiger partial charge in [-0.05, 0) is 83.6 Å². The van der Waals surface area contributed by atoms with Gasteiger partial charge in [0, 0.05) is 87.7 Å². The first kappa shape index (κ1) is 26.2. The molecule has 6 heterocycles. The van der Waals surface area contributed by atoms with E-state index in [0.29, 0.717) is 39.8 Å². The van der Waals surface area contributed by atoms with Crippen LogP contribution in [-0.4, -0.2) is 86.6 Å². The maximum Gasteiger partial charge on any atom is 0.255 e. The van der Waals surface area contributed by atoms with E-state index in [1.165, 1.54) is 68.9 Å². The number of carbonyl (C=O) groups is 2. The van der Waals surface area contributed by atoms with Crippen molar-refractivity contribution in [1.29, 1.82) is 0 Å². The van der Waals surface area contributed by atoms with Gasteiger partial charge in [0.25, 0.3) is 11.8 Å². The summed E-state index contributed by atoms with van der Waals surface area (Å²) in [4.78, 5) is 47.2. The first-order chi connectivity index (χ1) is 36.5. The first-order valence-corrected chi connectivity index (χ1v) is 22.4. The summed E-state index contributed by atoms with van der Waals surface area (Å²) in [5.74, 6) is -3.52. The van der Waals surface area contributed by atoms with Crippen LogP contribution in [0.3, 0.4) is 0 Å². The van der Waals surface area contributed by atoms with Crippen molar-refractivity contribution in [3.8, 4) is 22.8 Å². The summed E-state index contributed by atoms with van der Waals surface area (Å²) in [6, 6.07) is 8.94. The van der Waals surface area contributed by atoms with Gasteiger partial charge in [-0.25, -0.2) is 28.7 Å². The Morgan fingerprint density at radius 1 is 0.790 bits per heavy atom. The number of aromatic nitrogens is 10. The van der Waals surface area contributed by atoms with Crippen molar-refractivity contribution < 1.29 is 47.8 Å². The van der Waals surface area contributed by atoms with E-state index in [9.17, 15) is 18.4 Å². The fraction of sp³-hybridized carbons (Fsp3) is 0.364. The zero-order chi connectivity index (χ0) is 59.9. The molecule has 0 spiro atoms. The van der Waals surface area contributed by atoms with Crippen LogP contribution < -0.4 is 10.6 Å². The van der Waals surface area contributed by atoms with Crippen LogP contribution in [0.25, 0.3) is 66.9 Å². The van der Waals surface area contributed by atoms with Crippen molar-refractivity contribution in [2.75, 3.05) is 6.61 Å². The molecule has 0 aliphatic carbocycles. The molecular weight excluding hydrogens is 811 g/mol. The second-order valence-electron chi connectivity index (χ2n) is 15.6. The Kier molecular flexibility index (Phi) is 6.95. The van der Waals surface area contributed by atoms with E-state index in [2.05, 4.69) is 54.8 Å². The molecule has 3 N–H and O–H groups in total. The highest BCUT2D eigenvalue weighted by atomic mass is 28.3. The van der Waals surface area contributed by atoms with Gasteiger partial charge in [-0.1, -0.05) is 19.6 Å². The van der Waals surface area contributed by atoms with E-state index in [0.717, 1.165) is 12.2 Å². The molecule has 18 heteroatoms. The lowest BCUT2D eigenvalue weighted by Crippen LogP contribution is -2.40. The molecule has 6 aromatic heterocycles. The molecule has 2 aromatic carbocycles. The van der Waals surface area contributed by atoms with E-state index in [1.54, 1.807) is 19.4 Å². The number of nitrogens with one attached hydrogen (secondary N) is 3. The molecule has 8 aromatic rings. The van der Waals surface area contributed by atoms with Crippen LogP contribution in [0.4, 0.5) is 8.78 Å². The monoisotopic (exact) mass is 881 g/mol. The van der Waals surface area contributed by atoms with Crippen LogP contribution in [0.5, 0.6) is 0 Å². The predicted octanol–water partition coefficient (Wildman–Crippen LogP) is 8.14. The highest BCUT2D eigenvalue weighted by Crippen LogP contribution is 2.30. The van der Waals surface area contributed by atoms with Gasteiger partial charge >= 0.3 is 0 Å². The number of carbonyl (C=O) groups excluding carboxylic acids is 2. The molecule has 2 amide bonds. The minimum Gasteiger partial charge on any atom is -0.361 e. The average molecular weight is 881 g/mol. The number of amides is 2. The minimum atomic E-state index is -3.66. The quantitative estimate of drug-likeness (QED) is 0.0955. The van der Waals surface area contributed by atoms with Crippen molar-refractivity contribution in [1.82, 2.24) is 59.7 Å². The molecule has 0 saturated carbocycles. The molecule has 0 atom stereocenters. The molecule has 8 rings (SSSR count). The molecular formula is C44H52F2N12O3Si. The van der Waals surface area contributed by atoms with Crippen LogP contribution >= 0.6 is 0 Å². The lowest BCUT2D eigenvalue weighted by atomic mass is 10.1. The molecule has 0 radical (unpaired) electrons. The summed E-state index contributed by atoms with van der Waals surface area (Å²) >= 11 is 0. The second kappa shape index (κ2) is 16.5. The third-order valence-electron chi connectivity index (χ3n) is 9.38. The lowest BCUT2D eigenvalue weighted by Gasteiger charge is -2.20. The van der Waals surface area contributed by atoms with Gasteiger partial charge in [0.15, 0.2) is 11.3 Å². The van der Waals surface area contributed by atoms with E-state index >= 15 is 0 Å². The number of hydrogen-bond acceptors (Lipinski definition) is 9. The Balaban J connectivity index is 0.000000236. The number of aromatic amines is 1. The smallest absolute Gasteiger partial charge is 0.255 e. The van der Waals surface area contributed by atoms with Gasteiger partial charge in [0.1, 0.15) is 52.2 Å². The summed E-state index contributed by atoms with van der Waals surface area (Å²) in [7, 11) is 1.79. The van der Waals surface area contributed by atoms with E-state index in [-0.39, 0.29) is 51.6 Å². The summed E-state index contributed by atoms with van der Waals surface area (Å²) in [6.07, 6.45) is 5.11. The van der Waals surface area contributed by atoms with Gasteiger partial charge in [-0.2, -0.15) is 10.2 Å². The lowest BCUT2D eigenvalue weighted by molar-refractivity contribution is 0.0884. The maximum absolute atomic E-state index is 13.9. The Bertz CT molecular complexity index is 3590. The highest BCUT2D eigenvalue weighted by Gasteiger charge is 2.25. The molecule has 0 bridgehead atoms. The zero-order valence-electron chi connectivity index (χ0n) is 51.9. The standard InChI is InChI=1S/C25H33FN6O2Si.C19H19FN6O/c1-25(2,3)29-24(33)18-14-32(15-34-10-11-35(5,6)7)23-22(18)28-19(13-27-23)21-17-9-8-16(26)12-20(17)31(4)30-21;1-19(2,3)24-18(27)12-8-21-17-16(12)23-13(9-22-17)15-11-6-5-10(20)7-14(11)26(4)25-15/h8-9,12-14H,10-11,15H2,1-7H3,(H,29,33);5-9H,1-4H3,(H,21,22)(H,24,27)/i2*1D3,2D3,3D3. The number of ether oxygens (including phenoxy) is 1. The molecule has 324 valence electrons.